The molecule has 1 aromatic heterocycles. The number of aromatic nitrogens is 1. The second kappa shape index (κ2) is 5.69. The lowest BCUT2D eigenvalue weighted by Crippen LogP contribution is -2.06. The number of hydrogen-bond donors (Lipinski definition) is 2. The SMILES string of the molecule is C=CC(=O)Nc1cccc(-c2ccc3c(N)ccnc3c2)c1. The Balaban J connectivity index is 2.02. The molecule has 3 rings (SSSR count). The van der Waals surface area contributed by atoms with Crippen molar-refractivity contribution in [2.45, 2.75) is 0 Å². The summed E-state index contributed by atoms with van der Waals surface area (Å²) in [6, 6.07) is 15.4. The number of carbonyl (C=O) groups excluding carboxylic acids is 1. The topological polar surface area (TPSA) is 68.0 Å². The molecule has 0 saturated carbocycles. The summed E-state index contributed by atoms with van der Waals surface area (Å²) in [7, 11) is 0. The summed E-state index contributed by atoms with van der Waals surface area (Å²) in [6.07, 6.45) is 2.94. The van der Waals surface area contributed by atoms with E-state index in [2.05, 4.69) is 16.9 Å². The molecule has 0 bridgehead atoms. The van der Waals surface area contributed by atoms with E-state index in [-0.39, 0.29) is 5.91 Å². The molecule has 0 radical (unpaired) electrons. The van der Waals surface area contributed by atoms with E-state index in [9.17, 15) is 4.79 Å². The number of hydrogen-bond acceptors (Lipinski definition) is 3. The van der Waals surface area contributed by atoms with Gasteiger partial charge in [0.2, 0.25) is 5.91 Å². The Hall–Kier alpha value is -3.14. The summed E-state index contributed by atoms with van der Waals surface area (Å²) >= 11 is 0. The number of anilines is 2. The van der Waals surface area contributed by atoms with Gasteiger partial charge in [-0.05, 0) is 41.5 Å². The van der Waals surface area contributed by atoms with Crippen molar-refractivity contribution in [1.29, 1.82) is 0 Å². The lowest BCUT2D eigenvalue weighted by atomic mass is 10.0. The van der Waals surface area contributed by atoms with Crippen LogP contribution in [0.4, 0.5) is 11.4 Å². The normalized spacial score (nSPS) is 10.4. The molecule has 1 amide bonds. The first-order valence-corrected chi connectivity index (χ1v) is 6.85. The van der Waals surface area contributed by atoms with Gasteiger partial charge in [-0.3, -0.25) is 9.78 Å². The quantitative estimate of drug-likeness (QED) is 0.724. The van der Waals surface area contributed by atoms with Gasteiger partial charge in [-0.1, -0.05) is 30.8 Å². The first kappa shape index (κ1) is 13.8. The number of nitrogens with zero attached hydrogens (tertiary/aromatic N) is 1. The molecule has 0 atom stereocenters. The minimum atomic E-state index is -0.231. The molecular weight excluding hydrogens is 274 g/mol. The molecular formula is C18H15N3O. The summed E-state index contributed by atoms with van der Waals surface area (Å²) in [5, 5.41) is 3.69. The number of amides is 1. The Morgan fingerprint density at radius 3 is 2.77 bits per heavy atom. The highest BCUT2D eigenvalue weighted by Crippen LogP contribution is 2.27. The average Bonchev–Trinajstić information content (AvgIpc) is 2.55. The van der Waals surface area contributed by atoms with Crippen molar-refractivity contribution in [3.05, 3.63) is 67.4 Å². The number of nitrogen functional groups attached to an aromatic ring is 1. The van der Waals surface area contributed by atoms with Crippen molar-refractivity contribution < 1.29 is 4.79 Å². The standard InChI is InChI=1S/C18H15N3O/c1-2-18(22)21-14-5-3-4-12(10-14)13-6-7-15-16(19)8-9-20-17(15)11-13/h2-11H,1H2,(H2,19,20)(H,21,22). The molecule has 4 heteroatoms. The van der Waals surface area contributed by atoms with E-state index in [0.29, 0.717) is 5.69 Å². The van der Waals surface area contributed by atoms with Crippen LogP contribution >= 0.6 is 0 Å². The van der Waals surface area contributed by atoms with Crippen LogP contribution in [0.15, 0.2) is 67.4 Å². The van der Waals surface area contributed by atoms with Crippen LogP contribution in [0.2, 0.25) is 0 Å². The number of nitrogens with one attached hydrogen (secondary N) is 1. The lowest BCUT2D eigenvalue weighted by molar-refractivity contribution is -0.111. The summed E-state index contributed by atoms with van der Waals surface area (Å²) in [5.74, 6) is -0.231. The molecule has 0 unspecified atom stereocenters. The van der Waals surface area contributed by atoms with Crippen LogP contribution in [0, 0.1) is 0 Å². The highest BCUT2D eigenvalue weighted by molar-refractivity contribution is 5.99. The van der Waals surface area contributed by atoms with E-state index >= 15 is 0 Å². The Morgan fingerprint density at radius 1 is 1.14 bits per heavy atom. The third-order valence-corrected chi connectivity index (χ3v) is 3.43. The predicted molar refractivity (Wildman–Crippen MR) is 90.4 cm³/mol. The summed E-state index contributed by atoms with van der Waals surface area (Å²) in [4.78, 5) is 15.7. The molecule has 108 valence electrons. The Morgan fingerprint density at radius 2 is 1.95 bits per heavy atom. The third-order valence-electron chi connectivity index (χ3n) is 3.43. The second-order valence-corrected chi connectivity index (χ2v) is 4.91. The van der Waals surface area contributed by atoms with E-state index in [1.165, 1.54) is 6.08 Å². The van der Waals surface area contributed by atoms with E-state index in [4.69, 9.17) is 5.73 Å². The van der Waals surface area contributed by atoms with Gasteiger partial charge >= 0.3 is 0 Å². The van der Waals surface area contributed by atoms with Crippen molar-refractivity contribution >= 4 is 28.2 Å². The van der Waals surface area contributed by atoms with Crippen LogP contribution in [0.3, 0.4) is 0 Å². The zero-order chi connectivity index (χ0) is 15.5. The Labute approximate surface area is 128 Å². The van der Waals surface area contributed by atoms with Crippen molar-refractivity contribution in [3.8, 4) is 11.1 Å². The molecule has 0 spiro atoms. The molecule has 2 aromatic carbocycles. The smallest absolute Gasteiger partial charge is 0.247 e. The van der Waals surface area contributed by atoms with Crippen LogP contribution < -0.4 is 11.1 Å². The first-order valence-electron chi connectivity index (χ1n) is 6.85. The van der Waals surface area contributed by atoms with Crippen LogP contribution in [0.25, 0.3) is 22.0 Å². The fraction of sp³-hybridized carbons (Fsp3) is 0. The fourth-order valence-corrected chi connectivity index (χ4v) is 2.32. The van der Waals surface area contributed by atoms with Crippen molar-refractivity contribution in [2.75, 3.05) is 11.1 Å². The van der Waals surface area contributed by atoms with Gasteiger partial charge in [0.25, 0.3) is 0 Å². The van der Waals surface area contributed by atoms with Gasteiger partial charge in [-0.2, -0.15) is 0 Å². The lowest BCUT2D eigenvalue weighted by Gasteiger charge is -2.08. The maximum atomic E-state index is 11.4. The highest BCUT2D eigenvalue weighted by atomic mass is 16.1. The number of carbonyl (C=O) groups is 1. The molecule has 0 aliphatic heterocycles. The van der Waals surface area contributed by atoms with E-state index in [1.54, 1.807) is 12.3 Å². The Bertz CT molecular complexity index is 871. The summed E-state index contributed by atoms with van der Waals surface area (Å²) in [5.41, 5.74) is 10.2. The zero-order valence-corrected chi connectivity index (χ0v) is 11.9. The molecule has 0 aliphatic rings. The first-order chi connectivity index (χ1) is 10.7. The molecule has 0 fully saturated rings. The van der Waals surface area contributed by atoms with Gasteiger partial charge in [-0.15, -0.1) is 0 Å². The molecule has 0 aliphatic carbocycles. The zero-order valence-electron chi connectivity index (χ0n) is 11.9. The molecule has 0 saturated heterocycles. The van der Waals surface area contributed by atoms with Crippen LogP contribution in [0.5, 0.6) is 0 Å². The average molecular weight is 289 g/mol. The second-order valence-electron chi connectivity index (χ2n) is 4.91. The van der Waals surface area contributed by atoms with Crippen LogP contribution in [-0.4, -0.2) is 10.9 Å². The largest absolute Gasteiger partial charge is 0.398 e. The van der Waals surface area contributed by atoms with E-state index in [0.717, 1.165) is 27.7 Å². The summed E-state index contributed by atoms with van der Waals surface area (Å²) < 4.78 is 0. The van der Waals surface area contributed by atoms with Crippen molar-refractivity contribution in [2.24, 2.45) is 0 Å². The summed E-state index contributed by atoms with van der Waals surface area (Å²) in [6.45, 7) is 3.45. The van der Waals surface area contributed by atoms with Crippen LogP contribution in [0.1, 0.15) is 0 Å². The number of rotatable bonds is 3. The monoisotopic (exact) mass is 289 g/mol. The molecule has 3 aromatic rings. The molecule has 3 N–H and O–H groups in total. The number of nitrogens with two attached hydrogens (primary N) is 1. The van der Waals surface area contributed by atoms with E-state index < -0.39 is 0 Å². The minimum Gasteiger partial charge on any atom is -0.398 e. The van der Waals surface area contributed by atoms with Gasteiger partial charge in [0.15, 0.2) is 0 Å². The maximum absolute atomic E-state index is 11.4. The molecule has 1 heterocycles. The van der Waals surface area contributed by atoms with Gasteiger partial charge in [-0.25, -0.2) is 0 Å². The number of fused-ring (bicyclic) bond motifs is 1. The third kappa shape index (κ3) is 2.67. The Kier molecular flexibility index (Phi) is 3.58. The van der Waals surface area contributed by atoms with Crippen LogP contribution in [-0.2, 0) is 4.79 Å². The van der Waals surface area contributed by atoms with E-state index in [1.807, 2.05) is 42.5 Å². The van der Waals surface area contributed by atoms with Crippen molar-refractivity contribution in [3.63, 3.8) is 0 Å². The predicted octanol–water partition coefficient (Wildman–Crippen LogP) is 3.61. The number of benzene rings is 2. The van der Waals surface area contributed by atoms with Crippen molar-refractivity contribution in [1.82, 2.24) is 4.98 Å². The maximum Gasteiger partial charge on any atom is 0.247 e. The van der Waals surface area contributed by atoms with Gasteiger partial charge in [0.1, 0.15) is 0 Å². The molecule has 4 nitrogen and oxygen atoms in total. The van der Waals surface area contributed by atoms with Gasteiger partial charge in [0.05, 0.1) is 5.52 Å². The van der Waals surface area contributed by atoms with Gasteiger partial charge < -0.3 is 11.1 Å². The van der Waals surface area contributed by atoms with Gasteiger partial charge in [0, 0.05) is 23.0 Å². The highest BCUT2D eigenvalue weighted by Gasteiger charge is 2.04. The fourth-order valence-electron chi connectivity index (χ4n) is 2.32. The molecule has 22 heavy (non-hydrogen) atoms. The minimum absolute atomic E-state index is 0.231. The number of pyridine rings is 1.